The molecule has 0 atom stereocenters. The first-order valence-electron chi connectivity index (χ1n) is 8.01. The molecule has 0 amide bonds. The molecule has 0 fully saturated rings. The Hall–Kier alpha value is -3.66. The summed E-state index contributed by atoms with van der Waals surface area (Å²) in [5.41, 5.74) is 2.94. The number of phenolic OH excluding ortho intramolecular Hbond substituents is 4. The van der Waals surface area contributed by atoms with Gasteiger partial charge in [0.25, 0.3) is 0 Å². The molecule has 26 heavy (non-hydrogen) atoms. The van der Waals surface area contributed by atoms with Crippen molar-refractivity contribution in [3.05, 3.63) is 82.9 Å². The normalized spacial score (nSPS) is 11.4. The van der Waals surface area contributed by atoms with Gasteiger partial charge < -0.3 is 20.4 Å². The number of rotatable bonds is 4. The smallest absolute Gasteiger partial charge is 0.123 e. The molecule has 0 aliphatic rings. The van der Waals surface area contributed by atoms with Gasteiger partial charge in [-0.15, -0.1) is 0 Å². The van der Waals surface area contributed by atoms with Crippen molar-refractivity contribution in [1.82, 2.24) is 0 Å². The first-order chi connectivity index (χ1) is 12.5. The first kappa shape index (κ1) is 17.2. The van der Waals surface area contributed by atoms with Crippen LogP contribution in [0.4, 0.5) is 0 Å². The Morgan fingerprint density at radius 3 is 1.23 bits per heavy atom. The third-order valence-corrected chi connectivity index (χ3v) is 3.87. The fraction of sp³-hybridized carbons (Fsp3) is 0. The zero-order chi connectivity index (χ0) is 18.5. The minimum atomic E-state index is 0.0955. The zero-order valence-electron chi connectivity index (χ0n) is 13.9. The van der Waals surface area contributed by atoms with Gasteiger partial charge in [-0.1, -0.05) is 48.6 Å². The zero-order valence-corrected chi connectivity index (χ0v) is 13.9. The molecule has 4 N–H and O–H groups in total. The quantitative estimate of drug-likeness (QED) is 0.402. The predicted octanol–water partition coefficient (Wildman–Crippen LogP) is 4.85. The Morgan fingerprint density at radius 2 is 0.846 bits per heavy atom. The summed E-state index contributed by atoms with van der Waals surface area (Å²) < 4.78 is 0. The van der Waals surface area contributed by atoms with Crippen molar-refractivity contribution in [1.29, 1.82) is 0 Å². The summed E-state index contributed by atoms with van der Waals surface area (Å²) in [4.78, 5) is 0. The molecule has 0 unspecified atom stereocenters. The van der Waals surface area contributed by atoms with Crippen LogP contribution in [0, 0.1) is 0 Å². The molecule has 3 rings (SSSR count). The maximum absolute atomic E-state index is 9.77. The molecule has 0 spiro atoms. The van der Waals surface area contributed by atoms with Crippen LogP contribution in [-0.4, -0.2) is 20.4 Å². The molecule has 0 heterocycles. The van der Waals surface area contributed by atoms with Gasteiger partial charge in [0.1, 0.15) is 23.0 Å². The third-order valence-electron chi connectivity index (χ3n) is 3.87. The summed E-state index contributed by atoms with van der Waals surface area (Å²) in [6, 6.07) is 16.4. The number of aromatic hydroxyl groups is 4. The van der Waals surface area contributed by atoms with E-state index in [0.717, 1.165) is 11.1 Å². The lowest BCUT2D eigenvalue weighted by atomic mass is 10.1. The van der Waals surface area contributed by atoms with E-state index < -0.39 is 0 Å². The van der Waals surface area contributed by atoms with E-state index in [0.29, 0.717) is 11.1 Å². The molecule has 0 aliphatic carbocycles. The molecule has 4 heteroatoms. The summed E-state index contributed by atoms with van der Waals surface area (Å²) in [6.07, 6.45) is 7.13. The lowest BCUT2D eigenvalue weighted by Crippen LogP contribution is -1.78. The molecule has 0 radical (unpaired) electrons. The molecule has 0 bridgehead atoms. The number of hydrogen-bond donors (Lipinski definition) is 4. The monoisotopic (exact) mass is 346 g/mol. The summed E-state index contributed by atoms with van der Waals surface area (Å²) >= 11 is 0. The molecule has 3 aromatic carbocycles. The van der Waals surface area contributed by atoms with Gasteiger partial charge in [-0.25, -0.2) is 0 Å². The van der Waals surface area contributed by atoms with Crippen molar-refractivity contribution in [2.45, 2.75) is 0 Å². The third kappa shape index (κ3) is 4.24. The summed E-state index contributed by atoms with van der Waals surface area (Å²) in [5.74, 6) is 0.394. The van der Waals surface area contributed by atoms with Crippen LogP contribution < -0.4 is 0 Å². The molecule has 4 nitrogen and oxygen atoms in total. The maximum Gasteiger partial charge on any atom is 0.123 e. The lowest BCUT2D eigenvalue weighted by Gasteiger charge is -2.01. The Morgan fingerprint density at radius 1 is 0.462 bits per heavy atom. The van der Waals surface area contributed by atoms with E-state index in [-0.39, 0.29) is 23.0 Å². The highest BCUT2D eigenvalue weighted by Gasteiger charge is 2.00. The van der Waals surface area contributed by atoms with Gasteiger partial charge in [-0.2, -0.15) is 0 Å². The fourth-order valence-corrected chi connectivity index (χ4v) is 2.44. The average Bonchev–Trinajstić information content (AvgIpc) is 2.64. The van der Waals surface area contributed by atoms with Gasteiger partial charge in [-0.3, -0.25) is 0 Å². The molecule has 0 saturated carbocycles. The van der Waals surface area contributed by atoms with Crippen molar-refractivity contribution in [2.24, 2.45) is 0 Å². The highest BCUT2D eigenvalue weighted by Crippen LogP contribution is 2.25. The highest BCUT2D eigenvalue weighted by molar-refractivity contribution is 5.76. The topological polar surface area (TPSA) is 80.9 Å². The number of hydrogen-bond acceptors (Lipinski definition) is 4. The second-order valence-electron chi connectivity index (χ2n) is 5.82. The van der Waals surface area contributed by atoms with Crippen LogP contribution in [-0.2, 0) is 0 Å². The van der Waals surface area contributed by atoms with Crippen LogP contribution in [0.15, 0.2) is 60.7 Å². The maximum atomic E-state index is 9.77. The average molecular weight is 346 g/mol. The minimum absolute atomic E-state index is 0.0955. The van der Waals surface area contributed by atoms with E-state index in [2.05, 4.69) is 0 Å². The Kier molecular flexibility index (Phi) is 4.94. The number of benzene rings is 3. The predicted molar refractivity (Wildman–Crippen MR) is 104 cm³/mol. The first-order valence-corrected chi connectivity index (χ1v) is 8.01. The lowest BCUT2D eigenvalue weighted by molar-refractivity contribution is 0.459. The van der Waals surface area contributed by atoms with Crippen molar-refractivity contribution in [3.8, 4) is 23.0 Å². The summed E-state index contributed by atoms with van der Waals surface area (Å²) in [6.45, 7) is 0. The van der Waals surface area contributed by atoms with E-state index >= 15 is 0 Å². The molecule has 130 valence electrons. The highest BCUT2D eigenvalue weighted by atomic mass is 16.3. The number of phenols is 4. The Labute approximate surface area is 151 Å². The summed E-state index contributed by atoms with van der Waals surface area (Å²) in [5, 5.41) is 38.5. The van der Waals surface area contributed by atoms with E-state index in [9.17, 15) is 20.4 Å². The van der Waals surface area contributed by atoms with Gasteiger partial charge in [-0.05, 0) is 47.5 Å². The van der Waals surface area contributed by atoms with Crippen LogP contribution in [0.1, 0.15) is 22.3 Å². The second kappa shape index (κ2) is 7.49. The van der Waals surface area contributed by atoms with Crippen LogP contribution >= 0.6 is 0 Å². The van der Waals surface area contributed by atoms with E-state index in [1.165, 1.54) is 36.4 Å². The van der Waals surface area contributed by atoms with Crippen molar-refractivity contribution < 1.29 is 20.4 Å². The van der Waals surface area contributed by atoms with E-state index in [4.69, 9.17) is 0 Å². The van der Waals surface area contributed by atoms with Gasteiger partial charge >= 0.3 is 0 Å². The summed E-state index contributed by atoms with van der Waals surface area (Å²) in [7, 11) is 0. The Balaban J connectivity index is 1.74. The van der Waals surface area contributed by atoms with Crippen LogP contribution in [0.3, 0.4) is 0 Å². The molecular formula is C22H18O4. The van der Waals surface area contributed by atoms with Crippen molar-refractivity contribution in [2.75, 3.05) is 0 Å². The van der Waals surface area contributed by atoms with Gasteiger partial charge in [0.15, 0.2) is 0 Å². The van der Waals surface area contributed by atoms with Crippen molar-refractivity contribution >= 4 is 24.3 Å². The van der Waals surface area contributed by atoms with Crippen molar-refractivity contribution in [3.63, 3.8) is 0 Å². The standard InChI is InChI=1S/C22H18O4/c23-19-9-11-21(25)17(13-19)7-5-15-1-2-16(4-3-15)6-8-18-14-20(24)10-12-22(18)26/h1-14,23-26H/b7-5-,8-6-. The van der Waals surface area contributed by atoms with Gasteiger partial charge in [0.2, 0.25) is 0 Å². The van der Waals surface area contributed by atoms with E-state index in [1.54, 1.807) is 12.2 Å². The van der Waals surface area contributed by atoms with E-state index in [1.807, 2.05) is 36.4 Å². The SMILES string of the molecule is Oc1ccc(O)c(/C=C\c2ccc(/C=C\c3cc(O)ccc3O)cc2)c1. The Bertz CT molecular complexity index is 889. The molecule has 0 aromatic heterocycles. The molecule has 3 aromatic rings. The van der Waals surface area contributed by atoms with Gasteiger partial charge in [0.05, 0.1) is 0 Å². The molecule has 0 aliphatic heterocycles. The van der Waals surface area contributed by atoms with Crippen LogP contribution in [0.5, 0.6) is 23.0 Å². The van der Waals surface area contributed by atoms with Crippen LogP contribution in [0.25, 0.3) is 24.3 Å². The fourth-order valence-electron chi connectivity index (χ4n) is 2.44. The second-order valence-corrected chi connectivity index (χ2v) is 5.82. The van der Waals surface area contributed by atoms with Gasteiger partial charge in [0, 0.05) is 11.1 Å². The largest absolute Gasteiger partial charge is 0.508 e. The molecule has 0 saturated heterocycles. The minimum Gasteiger partial charge on any atom is -0.508 e. The molecular weight excluding hydrogens is 328 g/mol. The van der Waals surface area contributed by atoms with Crippen LogP contribution in [0.2, 0.25) is 0 Å².